The number of unbranched alkanes of at least 4 members (excludes halogenated alkanes) is 5. The van der Waals surface area contributed by atoms with Gasteiger partial charge >= 0.3 is 5.97 Å². The fraction of sp³-hybridized carbons (Fsp3) is 0.577. The molecule has 0 saturated heterocycles. The Balaban J connectivity index is 1.94. The third-order valence-corrected chi connectivity index (χ3v) is 5.63. The summed E-state index contributed by atoms with van der Waals surface area (Å²) < 4.78 is 5.68. The summed E-state index contributed by atoms with van der Waals surface area (Å²) in [5.41, 5.74) is 1.82. The lowest BCUT2D eigenvalue weighted by molar-refractivity contribution is -0.134. The second-order valence-corrected chi connectivity index (χ2v) is 8.27. The molecule has 0 aliphatic carbocycles. The third-order valence-electron chi connectivity index (χ3n) is 5.63. The highest BCUT2D eigenvalue weighted by molar-refractivity contribution is 5.76. The van der Waals surface area contributed by atoms with Crippen molar-refractivity contribution in [1.82, 2.24) is 9.97 Å². The van der Waals surface area contributed by atoms with Crippen LogP contribution in [0.2, 0.25) is 0 Å². The van der Waals surface area contributed by atoms with E-state index >= 15 is 0 Å². The Morgan fingerprint density at radius 3 is 2.60 bits per heavy atom. The van der Waals surface area contributed by atoms with Gasteiger partial charge in [-0.05, 0) is 43.4 Å². The number of carbonyl (C=O) groups is 1. The monoisotopic (exact) mass is 410 g/mol. The van der Waals surface area contributed by atoms with Crippen LogP contribution < -0.4 is 4.74 Å². The summed E-state index contributed by atoms with van der Waals surface area (Å²) in [4.78, 5) is 21.5. The molecular formula is C26H38N2O2. The van der Waals surface area contributed by atoms with E-state index in [1.54, 1.807) is 6.20 Å². The molecule has 4 heteroatoms. The molecule has 0 fully saturated rings. The second kappa shape index (κ2) is 13.9. The first kappa shape index (κ1) is 24.0. The normalized spacial score (nSPS) is 12.0. The van der Waals surface area contributed by atoms with Crippen LogP contribution in [0.3, 0.4) is 0 Å². The summed E-state index contributed by atoms with van der Waals surface area (Å²) in [7, 11) is 0. The van der Waals surface area contributed by atoms with E-state index in [9.17, 15) is 4.79 Å². The Hall–Kier alpha value is -2.23. The molecule has 1 atom stereocenters. The van der Waals surface area contributed by atoms with Gasteiger partial charge in [-0.15, -0.1) is 0 Å². The minimum absolute atomic E-state index is 0.182. The van der Waals surface area contributed by atoms with Gasteiger partial charge < -0.3 is 4.74 Å². The predicted octanol–water partition coefficient (Wildman–Crippen LogP) is 7.17. The van der Waals surface area contributed by atoms with Gasteiger partial charge in [0.15, 0.2) is 5.82 Å². The third kappa shape index (κ3) is 8.64. The molecule has 0 spiro atoms. The van der Waals surface area contributed by atoms with Crippen molar-refractivity contribution in [2.24, 2.45) is 5.92 Å². The molecule has 0 aliphatic heterocycles. The van der Waals surface area contributed by atoms with E-state index in [0.29, 0.717) is 18.0 Å². The highest BCUT2D eigenvalue weighted by Gasteiger charge is 2.13. The van der Waals surface area contributed by atoms with Gasteiger partial charge in [0.2, 0.25) is 0 Å². The van der Waals surface area contributed by atoms with Crippen molar-refractivity contribution in [1.29, 1.82) is 0 Å². The van der Waals surface area contributed by atoms with Crippen LogP contribution in [-0.2, 0) is 11.2 Å². The molecule has 0 radical (unpaired) electrons. The first-order chi connectivity index (χ1) is 14.6. The van der Waals surface area contributed by atoms with Crippen molar-refractivity contribution < 1.29 is 9.53 Å². The zero-order valence-corrected chi connectivity index (χ0v) is 19.0. The molecule has 2 rings (SSSR count). The molecule has 1 aromatic carbocycles. The minimum Gasteiger partial charge on any atom is -0.426 e. The number of aryl methyl sites for hydroxylation is 1. The Morgan fingerprint density at radius 2 is 1.80 bits per heavy atom. The van der Waals surface area contributed by atoms with Crippen LogP contribution in [0.4, 0.5) is 0 Å². The van der Waals surface area contributed by atoms with Crippen LogP contribution in [-0.4, -0.2) is 15.9 Å². The van der Waals surface area contributed by atoms with Crippen LogP contribution in [0.5, 0.6) is 5.75 Å². The van der Waals surface area contributed by atoms with Crippen molar-refractivity contribution in [2.75, 3.05) is 0 Å². The van der Waals surface area contributed by atoms with Crippen LogP contribution in [0, 0.1) is 5.92 Å². The molecule has 1 unspecified atom stereocenters. The van der Waals surface area contributed by atoms with Gasteiger partial charge in [0.25, 0.3) is 0 Å². The lowest BCUT2D eigenvalue weighted by atomic mass is 10.0. The maximum Gasteiger partial charge on any atom is 0.311 e. The summed E-state index contributed by atoms with van der Waals surface area (Å²) in [5, 5.41) is 0. The Kier molecular flexibility index (Phi) is 11.1. The number of aromatic nitrogens is 2. The number of esters is 1. The molecule has 0 amide bonds. The average molecular weight is 411 g/mol. The smallest absolute Gasteiger partial charge is 0.311 e. The fourth-order valence-electron chi connectivity index (χ4n) is 3.46. The van der Waals surface area contributed by atoms with E-state index in [1.165, 1.54) is 38.5 Å². The zero-order chi connectivity index (χ0) is 21.6. The molecule has 30 heavy (non-hydrogen) atoms. The van der Waals surface area contributed by atoms with Crippen molar-refractivity contribution in [3.8, 4) is 17.1 Å². The van der Waals surface area contributed by atoms with Gasteiger partial charge in [-0.3, -0.25) is 4.79 Å². The minimum atomic E-state index is -0.182. The molecule has 0 aliphatic rings. The summed E-state index contributed by atoms with van der Waals surface area (Å²) >= 11 is 0. The van der Waals surface area contributed by atoms with Gasteiger partial charge in [-0.25, -0.2) is 9.97 Å². The fourth-order valence-corrected chi connectivity index (χ4v) is 3.46. The largest absolute Gasteiger partial charge is 0.426 e. The summed E-state index contributed by atoms with van der Waals surface area (Å²) in [6.45, 7) is 6.70. The topological polar surface area (TPSA) is 52.1 Å². The van der Waals surface area contributed by atoms with Crippen molar-refractivity contribution in [3.63, 3.8) is 0 Å². The number of nitrogens with zero attached hydrogens (tertiary/aromatic N) is 2. The number of rotatable bonds is 14. The van der Waals surface area contributed by atoms with E-state index in [-0.39, 0.29) is 5.97 Å². The van der Waals surface area contributed by atoms with Gasteiger partial charge in [-0.1, -0.05) is 77.8 Å². The number of hydrogen-bond donors (Lipinski definition) is 0. The lowest BCUT2D eigenvalue weighted by Crippen LogP contribution is -2.09. The van der Waals surface area contributed by atoms with Crippen molar-refractivity contribution >= 4 is 5.97 Å². The number of benzene rings is 1. The van der Waals surface area contributed by atoms with E-state index in [0.717, 1.165) is 42.9 Å². The van der Waals surface area contributed by atoms with Gasteiger partial charge in [0.1, 0.15) is 5.75 Å². The van der Waals surface area contributed by atoms with Gasteiger partial charge in [-0.2, -0.15) is 0 Å². The maximum absolute atomic E-state index is 12.3. The molecule has 4 nitrogen and oxygen atoms in total. The van der Waals surface area contributed by atoms with Crippen molar-refractivity contribution in [2.45, 2.75) is 91.4 Å². The van der Waals surface area contributed by atoms with Crippen LogP contribution in [0.1, 0.15) is 90.7 Å². The Bertz CT molecular complexity index is 760. The Labute approximate surface area is 182 Å². The van der Waals surface area contributed by atoms with E-state index in [2.05, 4.69) is 25.8 Å². The second-order valence-electron chi connectivity index (χ2n) is 8.27. The quantitative estimate of drug-likeness (QED) is 0.188. The molecule has 0 N–H and O–H groups in total. The summed E-state index contributed by atoms with van der Waals surface area (Å²) in [6, 6.07) is 9.54. The molecular weight excluding hydrogens is 372 g/mol. The maximum atomic E-state index is 12.3. The molecule has 0 saturated carbocycles. The summed E-state index contributed by atoms with van der Waals surface area (Å²) in [5.74, 6) is 1.71. The number of ether oxygens (including phenoxy) is 1. The number of hydrogen-bond acceptors (Lipinski definition) is 4. The van der Waals surface area contributed by atoms with E-state index in [1.807, 2.05) is 30.3 Å². The molecule has 0 bridgehead atoms. The van der Waals surface area contributed by atoms with Crippen LogP contribution >= 0.6 is 0 Å². The van der Waals surface area contributed by atoms with Gasteiger partial charge in [0, 0.05) is 18.3 Å². The standard InChI is InChI=1S/C26H38N2O2/c1-4-6-7-8-9-15-22-19-20-27-26(28-22)23-16-11-12-17-24(23)30-25(29)18-13-10-14-21(3)5-2/h11-12,16-17,19-21H,4-10,13-15,18H2,1-3H3. The predicted molar refractivity (Wildman–Crippen MR) is 123 cm³/mol. The molecule has 1 aromatic heterocycles. The average Bonchev–Trinajstić information content (AvgIpc) is 2.77. The van der Waals surface area contributed by atoms with Crippen molar-refractivity contribution in [3.05, 3.63) is 42.2 Å². The zero-order valence-electron chi connectivity index (χ0n) is 19.0. The SMILES string of the molecule is CCCCCCCc1ccnc(-c2ccccc2OC(=O)CCCCC(C)CC)n1. The highest BCUT2D eigenvalue weighted by Crippen LogP contribution is 2.28. The first-order valence-corrected chi connectivity index (χ1v) is 11.8. The number of para-hydroxylation sites is 1. The molecule has 1 heterocycles. The van der Waals surface area contributed by atoms with Crippen LogP contribution in [0.25, 0.3) is 11.4 Å². The van der Waals surface area contributed by atoms with E-state index < -0.39 is 0 Å². The number of carbonyl (C=O) groups excluding carboxylic acids is 1. The molecule has 2 aromatic rings. The lowest BCUT2D eigenvalue weighted by Gasteiger charge is -2.11. The van der Waals surface area contributed by atoms with Crippen LogP contribution in [0.15, 0.2) is 36.5 Å². The summed E-state index contributed by atoms with van der Waals surface area (Å²) in [6.07, 6.45) is 13.7. The van der Waals surface area contributed by atoms with Gasteiger partial charge in [0.05, 0.1) is 5.56 Å². The highest BCUT2D eigenvalue weighted by atomic mass is 16.5. The Morgan fingerprint density at radius 1 is 1.00 bits per heavy atom. The first-order valence-electron chi connectivity index (χ1n) is 11.8. The molecule has 164 valence electrons. The van der Waals surface area contributed by atoms with E-state index in [4.69, 9.17) is 9.72 Å².